The van der Waals surface area contributed by atoms with E-state index in [0.717, 1.165) is 17.2 Å². The van der Waals surface area contributed by atoms with Crippen molar-refractivity contribution in [2.45, 2.75) is 24.4 Å². The molecule has 0 bridgehead atoms. The highest BCUT2D eigenvalue weighted by Gasteiger charge is 2.48. The number of aromatic hydroxyl groups is 3. The SMILES string of the molecule is C=CC(N)CCC(=O)O.O=C1NC(=O)C(c2ccccc2)(c2ccccc2)N1.O=c1c(-c2ccc(O)cc2)coc2cc(O)cc(O)c12. The molecule has 12 heteroatoms. The van der Waals surface area contributed by atoms with E-state index >= 15 is 0 Å². The van der Waals surface area contributed by atoms with E-state index in [-0.39, 0.29) is 52.2 Å². The summed E-state index contributed by atoms with van der Waals surface area (Å²) in [6.45, 7) is 3.42. The van der Waals surface area contributed by atoms with Gasteiger partial charge in [0.2, 0.25) is 5.43 Å². The van der Waals surface area contributed by atoms with Crippen molar-refractivity contribution in [3.05, 3.63) is 137 Å². The highest BCUT2D eigenvalue weighted by Crippen LogP contribution is 2.33. The average molecular weight is 652 g/mol. The van der Waals surface area contributed by atoms with Crippen molar-refractivity contribution in [3.8, 4) is 28.4 Å². The maximum absolute atomic E-state index is 12.4. The first-order valence-electron chi connectivity index (χ1n) is 14.6. The van der Waals surface area contributed by atoms with Crippen LogP contribution in [0.4, 0.5) is 4.79 Å². The van der Waals surface area contributed by atoms with E-state index in [9.17, 15) is 34.5 Å². The Bertz CT molecular complexity index is 1940. The maximum Gasteiger partial charge on any atom is 0.322 e. The number of benzene rings is 4. The van der Waals surface area contributed by atoms with Crippen molar-refractivity contribution in [2.24, 2.45) is 5.73 Å². The second kappa shape index (κ2) is 15.3. The van der Waals surface area contributed by atoms with Gasteiger partial charge in [-0.25, -0.2) is 4.79 Å². The van der Waals surface area contributed by atoms with Crippen molar-refractivity contribution in [1.82, 2.24) is 10.6 Å². The standard InChI is InChI=1S/C15H12N2O2.C15H10O5.C6H11NO2/c18-13-15(17-14(19)16-13,11-7-3-1-4-8-11)12-9-5-2-6-10-12;16-9-3-1-8(2-4-9)11-7-20-13-6-10(17)5-12(18)14(13)15(11)19;1-2-5(7)3-4-6(8)9/h1-10H,(H2,16,17,18,19);1-7,16-18H;2,5H,1,3-4,7H2,(H,8,9). The van der Waals surface area contributed by atoms with Crippen LogP contribution in [0.5, 0.6) is 17.2 Å². The number of imide groups is 1. The summed E-state index contributed by atoms with van der Waals surface area (Å²) < 4.78 is 5.29. The predicted molar refractivity (Wildman–Crippen MR) is 178 cm³/mol. The number of nitrogens with one attached hydrogen (secondary N) is 2. The van der Waals surface area contributed by atoms with E-state index in [1.165, 1.54) is 24.5 Å². The Morgan fingerprint density at radius 1 is 0.875 bits per heavy atom. The third-order valence-corrected chi connectivity index (χ3v) is 7.30. The average Bonchev–Trinajstić information content (AvgIpc) is 3.39. The number of carboxylic acids is 1. The molecular formula is C36H33N3O9. The molecule has 0 saturated carbocycles. The molecular weight excluding hydrogens is 618 g/mol. The summed E-state index contributed by atoms with van der Waals surface area (Å²) in [6.07, 6.45) is 3.39. The fourth-order valence-corrected chi connectivity index (χ4v) is 4.87. The van der Waals surface area contributed by atoms with Gasteiger partial charge in [-0.1, -0.05) is 78.9 Å². The number of fused-ring (bicyclic) bond motifs is 1. The van der Waals surface area contributed by atoms with Crippen LogP contribution in [0, 0.1) is 0 Å². The van der Waals surface area contributed by atoms with Crippen LogP contribution >= 0.6 is 0 Å². The molecule has 0 aliphatic carbocycles. The molecule has 1 fully saturated rings. The first kappa shape index (κ1) is 34.5. The minimum absolute atomic E-state index is 0.00775. The molecule has 48 heavy (non-hydrogen) atoms. The number of aliphatic carboxylic acids is 1. The van der Waals surface area contributed by atoms with Gasteiger partial charge in [-0.15, -0.1) is 6.58 Å². The Morgan fingerprint density at radius 2 is 1.46 bits per heavy atom. The van der Waals surface area contributed by atoms with Crippen molar-refractivity contribution >= 4 is 28.9 Å². The van der Waals surface area contributed by atoms with Gasteiger partial charge in [0.05, 0.1) is 5.56 Å². The lowest BCUT2D eigenvalue weighted by Gasteiger charge is -2.27. The number of phenols is 3. The van der Waals surface area contributed by atoms with Crippen LogP contribution in [0.1, 0.15) is 24.0 Å². The molecule has 5 aromatic rings. The number of phenolic OH excluding ortho intramolecular Hbond substituents is 3. The van der Waals surface area contributed by atoms with E-state index in [1.54, 1.807) is 18.2 Å². The van der Waals surface area contributed by atoms with Gasteiger partial charge in [-0.05, 0) is 35.2 Å². The number of rotatable bonds is 7. The number of hydrogen-bond acceptors (Lipinski definition) is 9. The lowest BCUT2D eigenvalue weighted by molar-refractivity contribution is -0.137. The second-order valence-electron chi connectivity index (χ2n) is 10.6. The van der Waals surface area contributed by atoms with Crippen LogP contribution in [0.2, 0.25) is 0 Å². The summed E-state index contributed by atoms with van der Waals surface area (Å²) >= 11 is 0. The maximum atomic E-state index is 12.4. The Labute approximate surface area is 274 Å². The van der Waals surface area contributed by atoms with Gasteiger partial charge in [-0.3, -0.25) is 19.7 Å². The van der Waals surface area contributed by atoms with Gasteiger partial charge in [-0.2, -0.15) is 0 Å². The summed E-state index contributed by atoms with van der Waals surface area (Å²) in [5.74, 6) is -1.60. The summed E-state index contributed by atoms with van der Waals surface area (Å²) in [4.78, 5) is 46.2. The molecule has 4 aromatic carbocycles. The number of carboxylic acid groups (broad SMARTS) is 1. The largest absolute Gasteiger partial charge is 0.508 e. The highest BCUT2D eigenvalue weighted by atomic mass is 16.4. The van der Waals surface area contributed by atoms with Crippen molar-refractivity contribution in [2.75, 3.05) is 0 Å². The van der Waals surface area contributed by atoms with Gasteiger partial charge in [0.25, 0.3) is 5.91 Å². The molecule has 0 radical (unpaired) electrons. The smallest absolute Gasteiger partial charge is 0.322 e. The number of carbonyl (C=O) groups is 3. The van der Waals surface area contributed by atoms with Crippen LogP contribution in [-0.4, -0.2) is 44.4 Å². The van der Waals surface area contributed by atoms with Crippen LogP contribution in [0.15, 0.2) is 125 Å². The molecule has 1 aliphatic rings. The first-order valence-corrected chi connectivity index (χ1v) is 14.6. The van der Waals surface area contributed by atoms with E-state index in [1.807, 2.05) is 60.7 Å². The van der Waals surface area contributed by atoms with Crippen LogP contribution in [-0.2, 0) is 15.1 Å². The van der Waals surface area contributed by atoms with Gasteiger partial charge in [0.15, 0.2) is 5.54 Å². The summed E-state index contributed by atoms with van der Waals surface area (Å²) in [6, 6.07) is 26.2. The van der Waals surface area contributed by atoms with Crippen molar-refractivity contribution < 1.29 is 39.2 Å². The topological polar surface area (TPSA) is 212 Å². The molecule has 2 heterocycles. The fraction of sp³-hybridized carbons (Fsp3) is 0.111. The van der Waals surface area contributed by atoms with Crippen molar-refractivity contribution in [3.63, 3.8) is 0 Å². The first-order chi connectivity index (χ1) is 23.0. The minimum Gasteiger partial charge on any atom is -0.508 e. The van der Waals surface area contributed by atoms with E-state index in [4.69, 9.17) is 15.3 Å². The van der Waals surface area contributed by atoms with E-state index < -0.39 is 23.0 Å². The monoisotopic (exact) mass is 651 g/mol. The molecule has 0 spiro atoms. The Balaban J connectivity index is 0.000000175. The number of nitrogens with two attached hydrogens (primary N) is 1. The normalized spacial score (nSPS) is 13.5. The molecule has 1 aliphatic heterocycles. The third kappa shape index (κ3) is 7.87. The number of carbonyl (C=O) groups excluding carboxylic acids is 2. The number of amides is 3. The number of urea groups is 1. The van der Waals surface area contributed by atoms with Gasteiger partial charge in [0.1, 0.15) is 34.5 Å². The van der Waals surface area contributed by atoms with Crippen LogP contribution in [0.3, 0.4) is 0 Å². The van der Waals surface area contributed by atoms with E-state index in [2.05, 4.69) is 17.2 Å². The highest BCUT2D eigenvalue weighted by molar-refractivity contribution is 6.09. The van der Waals surface area contributed by atoms with Crippen LogP contribution < -0.4 is 21.8 Å². The Kier molecular flexibility index (Phi) is 11.0. The molecule has 1 saturated heterocycles. The molecule has 1 unspecified atom stereocenters. The summed E-state index contributed by atoms with van der Waals surface area (Å²) in [5, 5.41) is 41.6. The predicted octanol–water partition coefficient (Wildman–Crippen LogP) is 4.71. The zero-order valence-corrected chi connectivity index (χ0v) is 25.5. The molecule has 246 valence electrons. The third-order valence-electron chi connectivity index (χ3n) is 7.30. The fourth-order valence-electron chi connectivity index (χ4n) is 4.87. The molecule has 3 amide bonds. The molecule has 12 nitrogen and oxygen atoms in total. The zero-order chi connectivity index (χ0) is 34.8. The van der Waals surface area contributed by atoms with Gasteiger partial charge >= 0.3 is 12.0 Å². The Morgan fingerprint density at radius 3 is 1.96 bits per heavy atom. The zero-order valence-electron chi connectivity index (χ0n) is 25.5. The summed E-state index contributed by atoms with van der Waals surface area (Å²) in [7, 11) is 0. The lowest BCUT2D eigenvalue weighted by atomic mass is 9.83. The van der Waals surface area contributed by atoms with Crippen molar-refractivity contribution in [1.29, 1.82) is 0 Å². The number of hydrogen-bond donors (Lipinski definition) is 7. The lowest BCUT2D eigenvalue weighted by Crippen LogP contribution is -2.44. The minimum atomic E-state index is -1.14. The van der Waals surface area contributed by atoms with Crippen LogP contribution in [0.25, 0.3) is 22.1 Å². The molecule has 1 atom stereocenters. The molecule has 6 rings (SSSR count). The van der Waals surface area contributed by atoms with E-state index in [0.29, 0.717) is 12.0 Å². The Hall–Kier alpha value is -6.40. The summed E-state index contributed by atoms with van der Waals surface area (Å²) in [5.41, 5.74) is 6.20. The second-order valence-corrected chi connectivity index (χ2v) is 10.6. The quantitative estimate of drug-likeness (QED) is 0.0951. The van der Waals surface area contributed by atoms with Gasteiger partial charge in [0, 0.05) is 24.6 Å². The molecule has 8 N–H and O–H groups in total. The molecule has 1 aromatic heterocycles. The van der Waals surface area contributed by atoms with Gasteiger partial charge < -0.3 is 35.9 Å².